The Hall–Kier alpha value is -4.50. The van der Waals surface area contributed by atoms with Crippen LogP contribution in [0, 0.1) is 0 Å². The van der Waals surface area contributed by atoms with Gasteiger partial charge < -0.3 is 0 Å². The second-order valence-corrected chi connectivity index (χ2v) is 7.50. The molecule has 1 aromatic carbocycles. The molecule has 0 unspecified atom stereocenters. The lowest BCUT2D eigenvalue weighted by Crippen LogP contribution is -2.32. The van der Waals surface area contributed by atoms with Crippen molar-refractivity contribution >= 4 is 21.8 Å². The van der Waals surface area contributed by atoms with Gasteiger partial charge in [-0.15, -0.1) is 25.5 Å². The number of benzene rings is 1. The first kappa shape index (κ1) is 20.4. The van der Waals surface area contributed by atoms with Crippen LogP contribution in [-0.4, -0.2) is 70.4 Å². The summed E-state index contributed by atoms with van der Waals surface area (Å²) in [6, 6.07) is 2.35. The van der Waals surface area contributed by atoms with E-state index in [0.29, 0.717) is 29.4 Å². The van der Waals surface area contributed by atoms with Crippen molar-refractivity contribution in [2.24, 2.45) is 0 Å². The van der Waals surface area contributed by atoms with Crippen LogP contribution in [0.3, 0.4) is 0 Å². The molecule has 0 spiro atoms. The van der Waals surface area contributed by atoms with Gasteiger partial charge in [-0.1, -0.05) is 17.4 Å². The molecule has 4 aromatic heterocycles. The number of nitrogens with zero attached hydrogens (tertiary/aromatic N) is 14. The molecule has 168 valence electrons. The van der Waals surface area contributed by atoms with Gasteiger partial charge in [0.1, 0.15) is 17.4 Å². The second kappa shape index (κ2) is 8.21. The molecule has 33 heavy (non-hydrogen) atoms. The first-order valence-corrected chi connectivity index (χ1v) is 10.1. The van der Waals surface area contributed by atoms with Crippen molar-refractivity contribution in [3.05, 3.63) is 45.5 Å². The molecule has 0 radical (unpaired) electrons. The van der Waals surface area contributed by atoms with Gasteiger partial charge in [-0.3, -0.25) is 9.59 Å². The molecular weight excluding hydrogens is 432 g/mol. The van der Waals surface area contributed by atoms with Crippen LogP contribution in [0.25, 0.3) is 21.8 Å². The van der Waals surface area contributed by atoms with E-state index in [1.54, 1.807) is 6.92 Å². The maximum Gasteiger partial charge on any atom is 0.278 e. The Morgan fingerprint density at radius 3 is 2.18 bits per heavy atom. The topological polar surface area (TPSA) is 183 Å². The second-order valence-electron chi connectivity index (χ2n) is 7.50. The van der Waals surface area contributed by atoms with E-state index in [4.69, 9.17) is 0 Å². The minimum absolute atomic E-state index is 0.281. The fraction of sp³-hybridized carbons (Fsp3) is 0.412. The Bertz CT molecular complexity index is 1520. The Labute approximate surface area is 183 Å². The molecule has 0 saturated heterocycles. The Balaban J connectivity index is 1.55. The molecule has 0 fully saturated rings. The van der Waals surface area contributed by atoms with Crippen molar-refractivity contribution in [1.82, 2.24) is 70.4 Å². The lowest BCUT2D eigenvalue weighted by molar-refractivity contribution is 0.342. The zero-order chi connectivity index (χ0) is 22.9. The fourth-order valence-corrected chi connectivity index (χ4v) is 3.58. The van der Waals surface area contributed by atoms with E-state index in [0.717, 1.165) is 0 Å². The van der Waals surface area contributed by atoms with Crippen molar-refractivity contribution in [2.75, 3.05) is 0 Å². The molecular formula is C17H18N14O2. The summed E-state index contributed by atoms with van der Waals surface area (Å²) in [6.45, 7) is 4.37. The molecule has 2 atom stereocenters. The molecule has 0 N–H and O–H groups in total. The van der Waals surface area contributed by atoms with Crippen LogP contribution in [-0.2, 0) is 13.1 Å². The average molecular weight is 450 g/mol. The summed E-state index contributed by atoms with van der Waals surface area (Å²) in [7, 11) is 0. The standard InChI is InChI=1S/C17H18N14O2/c1-3-11(7-28-9-19-23-27-28)31-17(33)13-5-14-12(4-15(13)22-26-31)16(32)30(25-21-14)10(2)6-29-20-8-18-24-29/h4-5,8-11H,3,6-7H2,1-2H3/t10-,11-/m1/s1. The van der Waals surface area contributed by atoms with Crippen molar-refractivity contribution < 1.29 is 0 Å². The normalized spacial score (nSPS) is 13.5. The molecule has 16 heteroatoms. The van der Waals surface area contributed by atoms with Gasteiger partial charge in [0.25, 0.3) is 11.1 Å². The molecule has 0 bridgehead atoms. The monoisotopic (exact) mass is 450 g/mol. The molecule has 0 aliphatic rings. The minimum atomic E-state index is -0.380. The van der Waals surface area contributed by atoms with Gasteiger partial charge in [0, 0.05) is 0 Å². The maximum atomic E-state index is 13.2. The smallest absolute Gasteiger partial charge is 0.267 e. The maximum absolute atomic E-state index is 13.2. The number of hydrogen-bond acceptors (Lipinski definition) is 12. The van der Waals surface area contributed by atoms with Crippen LogP contribution in [0.1, 0.15) is 32.4 Å². The van der Waals surface area contributed by atoms with Crippen LogP contribution in [0.5, 0.6) is 0 Å². The quantitative estimate of drug-likeness (QED) is 0.270. The van der Waals surface area contributed by atoms with Crippen molar-refractivity contribution in [3.63, 3.8) is 0 Å². The molecule has 0 aliphatic heterocycles. The zero-order valence-corrected chi connectivity index (χ0v) is 17.7. The van der Waals surface area contributed by atoms with Gasteiger partial charge in [0.2, 0.25) is 0 Å². The highest BCUT2D eigenvalue weighted by atomic mass is 16.1. The van der Waals surface area contributed by atoms with Crippen molar-refractivity contribution in [3.8, 4) is 0 Å². The third-order valence-electron chi connectivity index (χ3n) is 5.33. The largest absolute Gasteiger partial charge is 0.278 e. The first-order valence-electron chi connectivity index (χ1n) is 10.1. The number of fused-ring (bicyclic) bond motifs is 2. The van der Waals surface area contributed by atoms with E-state index in [1.165, 1.54) is 43.6 Å². The molecule has 16 nitrogen and oxygen atoms in total. The van der Waals surface area contributed by atoms with E-state index in [2.05, 4.69) is 51.6 Å². The highest BCUT2D eigenvalue weighted by Crippen LogP contribution is 2.16. The average Bonchev–Trinajstić information content (AvgIpc) is 3.52. The fourth-order valence-electron chi connectivity index (χ4n) is 3.58. The Morgan fingerprint density at radius 1 is 0.879 bits per heavy atom. The van der Waals surface area contributed by atoms with Crippen LogP contribution in [0.4, 0.5) is 0 Å². The SMILES string of the molecule is CC[C@H](Cn1cnnn1)n1nnc2cc3c(=O)n([C@H](C)Cn4ncnn4)nnc3cc2c1=O. The van der Waals surface area contributed by atoms with Crippen molar-refractivity contribution in [2.45, 2.75) is 45.4 Å². The molecule has 0 amide bonds. The summed E-state index contributed by atoms with van der Waals surface area (Å²) < 4.78 is 4.07. The van der Waals surface area contributed by atoms with Crippen LogP contribution in [0.15, 0.2) is 34.4 Å². The summed E-state index contributed by atoms with van der Waals surface area (Å²) in [4.78, 5) is 27.6. The highest BCUT2D eigenvalue weighted by Gasteiger charge is 2.19. The Kier molecular flexibility index (Phi) is 5.08. The molecule has 5 rings (SSSR count). The predicted octanol–water partition coefficient (Wildman–Crippen LogP) is -1.22. The first-order chi connectivity index (χ1) is 16.0. The van der Waals surface area contributed by atoms with Gasteiger partial charge in [-0.05, 0) is 41.1 Å². The number of aromatic nitrogens is 14. The third-order valence-corrected chi connectivity index (χ3v) is 5.33. The lowest BCUT2D eigenvalue weighted by Gasteiger charge is -2.16. The molecule has 0 aliphatic carbocycles. The van der Waals surface area contributed by atoms with Gasteiger partial charge >= 0.3 is 0 Å². The molecule has 0 saturated carbocycles. The number of rotatable bonds is 7. The van der Waals surface area contributed by atoms with Gasteiger partial charge in [0.05, 0.1) is 35.9 Å². The number of hydrogen-bond donors (Lipinski definition) is 0. The van der Waals surface area contributed by atoms with E-state index < -0.39 is 0 Å². The summed E-state index contributed by atoms with van der Waals surface area (Å²) >= 11 is 0. The van der Waals surface area contributed by atoms with E-state index >= 15 is 0 Å². The summed E-state index contributed by atoms with van der Waals surface area (Å²) in [6.07, 6.45) is 3.39. The summed E-state index contributed by atoms with van der Waals surface area (Å²) in [5, 5.41) is 39.5. The zero-order valence-electron chi connectivity index (χ0n) is 17.7. The van der Waals surface area contributed by atoms with E-state index in [9.17, 15) is 9.59 Å². The van der Waals surface area contributed by atoms with Crippen molar-refractivity contribution in [1.29, 1.82) is 0 Å². The van der Waals surface area contributed by atoms with E-state index in [-0.39, 0.29) is 35.1 Å². The molecule has 5 aromatic rings. The van der Waals surface area contributed by atoms with Gasteiger partial charge in [-0.2, -0.15) is 4.80 Å². The number of tetrazole rings is 2. The summed E-state index contributed by atoms with van der Waals surface area (Å²) in [5.41, 5.74) is -0.132. The summed E-state index contributed by atoms with van der Waals surface area (Å²) in [5.74, 6) is 0. The lowest BCUT2D eigenvalue weighted by atomic mass is 10.1. The predicted molar refractivity (Wildman–Crippen MR) is 111 cm³/mol. The van der Waals surface area contributed by atoms with Crippen LogP contribution in [0.2, 0.25) is 0 Å². The molecule has 4 heterocycles. The van der Waals surface area contributed by atoms with E-state index in [1.807, 2.05) is 6.92 Å². The van der Waals surface area contributed by atoms with Gasteiger partial charge in [-0.25, -0.2) is 14.0 Å². The highest BCUT2D eigenvalue weighted by molar-refractivity contribution is 5.93. The van der Waals surface area contributed by atoms with Crippen LogP contribution < -0.4 is 11.1 Å². The van der Waals surface area contributed by atoms with Crippen LogP contribution >= 0.6 is 0 Å². The van der Waals surface area contributed by atoms with Gasteiger partial charge in [0.15, 0.2) is 6.33 Å². The minimum Gasteiger partial charge on any atom is -0.267 e. The third kappa shape index (κ3) is 3.70. The Morgan fingerprint density at radius 2 is 1.58 bits per heavy atom.